The Morgan fingerprint density at radius 2 is 1.74 bits per heavy atom. The van der Waals surface area contributed by atoms with Crippen LogP contribution in [0, 0.1) is 0 Å². The van der Waals surface area contributed by atoms with Crippen LogP contribution in [-0.4, -0.2) is 54.6 Å². The summed E-state index contributed by atoms with van der Waals surface area (Å²) < 4.78 is 0. The normalized spacial score (nSPS) is 28.3. The molecule has 4 nitrogen and oxygen atoms in total. The van der Waals surface area contributed by atoms with E-state index >= 15 is 0 Å². The summed E-state index contributed by atoms with van der Waals surface area (Å²) >= 11 is 0. The van der Waals surface area contributed by atoms with E-state index in [1.54, 1.807) is 0 Å². The standard InChI is InChI=1S/C19H26N4/c1-16-14-18(17-8-6-4-3-5-7-9-17)15-19(21-20-16)23-12-10-22(2)11-13-23/h3-6,9,14H,7-8,10-13,15H2,1-2H3/b5-3-,6-4-,17-9-. The maximum Gasteiger partial charge on any atom is 0.132 e. The van der Waals surface area contributed by atoms with Gasteiger partial charge in [-0.3, -0.25) is 0 Å². The summed E-state index contributed by atoms with van der Waals surface area (Å²) in [4.78, 5) is 4.77. The van der Waals surface area contributed by atoms with Crippen molar-refractivity contribution in [3.63, 3.8) is 0 Å². The average molecular weight is 310 g/mol. The second-order valence-electron chi connectivity index (χ2n) is 6.42. The minimum Gasteiger partial charge on any atom is -0.356 e. The third-order valence-electron chi connectivity index (χ3n) is 4.56. The first-order chi connectivity index (χ1) is 11.2. The number of piperazine rings is 1. The van der Waals surface area contributed by atoms with Crippen LogP contribution in [0.2, 0.25) is 0 Å². The molecule has 0 amide bonds. The van der Waals surface area contributed by atoms with Gasteiger partial charge in [-0.05, 0) is 44.0 Å². The van der Waals surface area contributed by atoms with E-state index in [0.29, 0.717) is 0 Å². The molecule has 3 aliphatic rings. The van der Waals surface area contributed by atoms with E-state index in [1.807, 2.05) is 6.92 Å². The number of hydrogen-bond acceptors (Lipinski definition) is 4. The van der Waals surface area contributed by atoms with E-state index in [1.165, 1.54) is 11.1 Å². The summed E-state index contributed by atoms with van der Waals surface area (Å²) in [6.45, 7) is 6.31. The lowest BCUT2D eigenvalue weighted by atomic mass is 9.95. The molecule has 0 saturated carbocycles. The molecule has 0 aromatic heterocycles. The Morgan fingerprint density at radius 1 is 0.957 bits per heavy atom. The fourth-order valence-electron chi connectivity index (χ4n) is 3.11. The summed E-state index contributed by atoms with van der Waals surface area (Å²) in [5, 5.41) is 8.94. The topological polar surface area (TPSA) is 31.2 Å². The minimum absolute atomic E-state index is 0.883. The van der Waals surface area contributed by atoms with Crippen molar-refractivity contribution < 1.29 is 0 Å². The van der Waals surface area contributed by atoms with Gasteiger partial charge in [-0.15, -0.1) is 5.10 Å². The highest BCUT2D eigenvalue weighted by Gasteiger charge is 2.21. The Bertz CT molecular complexity index is 611. The first-order valence-corrected chi connectivity index (χ1v) is 8.48. The molecule has 0 bridgehead atoms. The van der Waals surface area contributed by atoms with Gasteiger partial charge < -0.3 is 9.80 Å². The number of amidine groups is 1. The monoisotopic (exact) mass is 310 g/mol. The first-order valence-electron chi connectivity index (χ1n) is 8.48. The maximum absolute atomic E-state index is 4.54. The van der Waals surface area contributed by atoms with Gasteiger partial charge in [0.2, 0.25) is 0 Å². The Morgan fingerprint density at radius 3 is 2.57 bits per heavy atom. The summed E-state index contributed by atoms with van der Waals surface area (Å²) in [6.07, 6.45) is 16.1. The zero-order valence-corrected chi connectivity index (χ0v) is 14.2. The summed E-state index contributed by atoms with van der Waals surface area (Å²) in [7, 11) is 2.18. The van der Waals surface area contributed by atoms with Crippen LogP contribution >= 0.6 is 0 Å². The van der Waals surface area contributed by atoms with E-state index in [4.69, 9.17) is 0 Å². The second-order valence-corrected chi connectivity index (χ2v) is 6.42. The number of hydrogen-bond donors (Lipinski definition) is 0. The Kier molecular flexibility index (Phi) is 5.23. The second kappa shape index (κ2) is 7.55. The molecule has 0 aromatic carbocycles. The van der Waals surface area contributed by atoms with Gasteiger partial charge >= 0.3 is 0 Å². The van der Waals surface area contributed by atoms with Crippen molar-refractivity contribution in [2.45, 2.75) is 26.2 Å². The molecule has 0 N–H and O–H groups in total. The van der Waals surface area contributed by atoms with Gasteiger partial charge in [-0.2, -0.15) is 5.10 Å². The van der Waals surface area contributed by atoms with Gasteiger partial charge in [0, 0.05) is 32.6 Å². The predicted molar refractivity (Wildman–Crippen MR) is 97.9 cm³/mol. The number of rotatable bonds is 1. The molecule has 1 saturated heterocycles. The van der Waals surface area contributed by atoms with Crippen LogP contribution in [-0.2, 0) is 0 Å². The Labute approximate surface area is 139 Å². The highest BCUT2D eigenvalue weighted by molar-refractivity contribution is 5.98. The van der Waals surface area contributed by atoms with Crippen LogP contribution in [0.25, 0.3) is 0 Å². The van der Waals surface area contributed by atoms with Crippen LogP contribution < -0.4 is 0 Å². The summed E-state index contributed by atoms with van der Waals surface area (Å²) in [5.41, 5.74) is 3.76. The van der Waals surface area contributed by atoms with E-state index in [0.717, 1.165) is 57.0 Å². The Hall–Kier alpha value is -1.94. The largest absolute Gasteiger partial charge is 0.356 e. The zero-order chi connectivity index (χ0) is 16.1. The SMILES string of the molecule is CC1=NN=C(N2CCN(C)CC2)CC(/C2=C\C/C=C\C=C/C2)=C1. The fraction of sp³-hybridized carbons (Fsp3) is 0.474. The van der Waals surface area contributed by atoms with Crippen LogP contribution in [0.5, 0.6) is 0 Å². The molecule has 2 aliphatic heterocycles. The van der Waals surface area contributed by atoms with Crippen molar-refractivity contribution in [1.29, 1.82) is 0 Å². The van der Waals surface area contributed by atoms with E-state index < -0.39 is 0 Å². The van der Waals surface area contributed by atoms with E-state index in [-0.39, 0.29) is 0 Å². The van der Waals surface area contributed by atoms with Crippen LogP contribution in [0.3, 0.4) is 0 Å². The zero-order valence-electron chi connectivity index (χ0n) is 14.2. The molecule has 2 heterocycles. The van der Waals surface area contributed by atoms with Crippen molar-refractivity contribution in [2.75, 3.05) is 33.2 Å². The number of nitrogens with zero attached hydrogens (tertiary/aromatic N) is 4. The van der Waals surface area contributed by atoms with Crippen LogP contribution in [0.4, 0.5) is 0 Å². The fourth-order valence-corrected chi connectivity index (χ4v) is 3.11. The van der Waals surface area contributed by atoms with Gasteiger partial charge in [-0.1, -0.05) is 30.4 Å². The lowest BCUT2D eigenvalue weighted by molar-refractivity contribution is 0.213. The van der Waals surface area contributed by atoms with Crippen LogP contribution in [0.1, 0.15) is 26.2 Å². The van der Waals surface area contributed by atoms with Gasteiger partial charge in [0.1, 0.15) is 5.84 Å². The molecule has 1 aliphatic carbocycles. The molecule has 3 rings (SSSR count). The molecule has 1 fully saturated rings. The minimum atomic E-state index is 0.883. The van der Waals surface area contributed by atoms with Gasteiger partial charge in [-0.25, -0.2) is 0 Å². The van der Waals surface area contributed by atoms with Gasteiger partial charge in [0.05, 0.1) is 5.71 Å². The van der Waals surface area contributed by atoms with Gasteiger partial charge in [0.25, 0.3) is 0 Å². The molecular formula is C19H26N4. The van der Waals surface area contributed by atoms with Crippen LogP contribution in [0.15, 0.2) is 57.8 Å². The molecule has 0 atom stereocenters. The molecule has 23 heavy (non-hydrogen) atoms. The highest BCUT2D eigenvalue weighted by Crippen LogP contribution is 2.24. The van der Waals surface area contributed by atoms with Crippen molar-refractivity contribution >= 4 is 11.5 Å². The predicted octanol–water partition coefficient (Wildman–Crippen LogP) is 3.17. The number of allylic oxidation sites excluding steroid dienone is 7. The molecule has 4 heteroatoms. The molecule has 0 radical (unpaired) electrons. The quantitative estimate of drug-likeness (QED) is 0.745. The summed E-state index contributed by atoms with van der Waals surface area (Å²) in [6, 6.07) is 0. The number of likely N-dealkylation sites (N-methyl/N-ethyl adjacent to an activating group) is 1. The average Bonchev–Trinajstić information content (AvgIpc) is 2.70. The lowest BCUT2D eigenvalue weighted by Crippen LogP contribution is -2.47. The molecule has 0 unspecified atom stereocenters. The summed E-state index contributed by atoms with van der Waals surface area (Å²) in [5.74, 6) is 1.11. The highest BCUT2D eigenvalue weighted by atomic mass is 15.3. The molecule has 122 valence electrons. The lowest BCUT2D eigenvalue weighted by Gasteiger charge is -2.34. The van der Waals surface area contributed by atoms with E-state index in [2.05, 4.69) is 63.5 Å². The molecular weight excluding hydrogens is 284 g/mol. The van der Waals surface area contributed by atoms with Crippen molar-refractivity contribution in [1.82, 2.24) is 9.80 Å². The smallest absolute Gasteiger partial charge is 0.132 e. The third kappa shape index (κ3) is 4.29. The molecule has 0 aromatic rings. The van der Waals surface area contributed by atoms with Gasteiger partial charge in [0.15, 0.2) is 0 Å². The first kappa shape index (κ1) is 15.9. The third-order valence-corrected chi connectivity index (χ3v) is 4.56. The Balaban J connectivity index is 1.79. The van der Waals surface area contributed by atoms with Crippen molar-refractivity contribution in [3.05, 3.63) is 47.6 Å². The van der Waals surface area contributed by atoms with Crippen molar-refractivity contribution in [3.8, 4) is 0 Å². The van der Waals surface area contributed by atoms with Crippen molar-refractivity contribution in [2.24, 2.45) is 10.2 Å². The van der Waals surface area contributed by atoms with E-state index in [9.17, 15) is 0 Å². The maximum atomic E-state index is 4.54. The molecule has 0 spiro atoms.